The summed E-state index contributed by atoms with van der Waals surface area (Å²) in [7, 11) is 1.50. The topological polar surface area (TPSA) is 109 Å². The van der Waals surface area contributed by atoms with Crippen LogP contribution in [0.25, 0.3) is 0 Å². The van der Waals surface area contributed by atoms with Gasteiger partial charge in [0.05, 0.1) is 19.2 Å². The van der Waals surface area contributed by atoms with Crippen molar-refractivity contribution in [3.8, 4) is 5.75 Å². The predicted molar refractivity (Wildman–Crippen MR) is 110 cm³/mol. The van der Waals surface area contributed by atoms with Crippen LogP contribution in [0.3, 0.4) is 0 Å². The molecule has 0 heterocycles. The Morgan fingerprint density at radius 3 is 2.50 bits per heavy atom. The van der Waals surface area contributed by atoms with Gasteiger partial charge in [-0.15, -0.1) is 0 Å². The first-order chi connectivity index (χ1) is 13.4. The summed E-state index contributed by atoms with van der Waals surface area (Å²) in [5.41, 5.74) is 3.51. The fourth-order valence-corrected chi connectivity index (χ4v) is 2.50. The summed E-state index contributed by atoms with van der Waals surface area (Å²) in [5, 5.41) is 8.94. The lowest BCUT2D eigenvalue weighted by molar-refractivity contribution is -0.136. The zero-order valence-electron chi connectivity index (χ0n) is 15.3. The van der Waals surface area contributed by atoms with Crippen molar-refractivity contribution in [1.29, 1.82) is 0 Å². The standard InChI is InChI=1S/C19H19BrN4O4/c1-12(10-17(25)22-16-9-4-3-8-15(16)20)23-24-19(27)18(26)21-13-6-5-7-14(11-13)28-2/h3-9,11H,10H2,1-2H3,(H,21,26)(H,22,25)(H,24,27). The van der Waals surface area contributed by atoms with Gasteiger partial charge in [-0.3, -0.25) is 14.4 Å². The Hall–Kier alpha value is -3.20. The van der Waals surface area contributed by atoms with Gasteiger partial charge in [-0.2, -0.15) is 5.10 Å². The largest absolute Gasteiger partial charge is 0.497 e. The van der Waals surface area contributed by atoms with Gasteiger partial charge in [-0.25, -0.2) is 5.43 Å². The summed E-state index contributed by atoms with van der Waals surface area (Å²) in [6, 6.07) is 13.8. The number of para-hydroxylation sites is 1. The molecule has 0 fully saturated rings. The van der Waals surface area contributed by atoms with Crippen LogP contribution in [0.4, 0.5) is 11.4 Å². The Balaban J connectivity index is 1.85. The number of amides is 3. The summed E-state index contributed by atoms with van der Waals surface area (Å²) in [4.78, 5) is 35.8. The highest BCUT2D eigenvalue weighted by molar-refractivity contribution is 9.10. The fraction of sp³-hybridized carbons (Fsp3) is 0.158. The van der Waals surface area contributed by atoms with Crippen LogP contribution >= 0.6 is 15.9 Å². The maximum atomic E-state index is 12.0. The van der Waals surface area contributed by atoms with E-state index in [-0.39, 0.29) is 12.3 Å². The molecule has 0 aromatic heterocycles. The highest BCUT2D eigenvalue weighted by Gasteiger charge is 2.14. The second kappa shape index (κ2) is 10.2. The van der Waals surface area contributed by atoms with Gasteiger partial charge in [-0.1, -0.05) is 18.2 Å². The molecule has 0 bridgehead atoms. The number of carbonyl (C=O) groups is 3. The lowest BCUT2D eigenvalue weighted by atomic mass is 10.2. The molecule has 2 aromatic rings. The molecule has 0 saturated heterocycles. The molecule has 9 heteroatoms. The van der Waals surface area contributed by atoms with Crippen LogP contribution in [0.15, 0.2) is 58.1 Å². The molecule has 8 nitrogen and oxygen atoms in total. The Kier molecular flexibility index (Phi) is 7.70. The molecule has 0 saturated carbocycles. The number of hydrogen-bond donors (Lipinski definition) is 3. The average Bonchev–Trinajstić information content (AvgIpc) is 2.68. The van der Waals surface area contributed by atoms with Crippen molar-refractivity contribution in [1.82, 2.24) is 5.43 Å². The third-order valence-electron chi connectivity index (χ3n) is 3.45. The van der Waals surface area contributed by atoms with Crippen molar-refractivity contribution in [3.63, 3.8) is 0 Å². The first-order valence-electron chi connectivity index (χ1n) is 8.22. The number of ether oxygens (including phenoxy) is 1. The second-order valence-electron chi connectivity index (χ2n) is 5.68. The smallest absolute Gasteiger partial charge is 0.329 e. The SMILES string of the molecule is COc1cccc(NC(=O)C(=O)NN=C(C)CC(=O)Nc2ccccc2Br)c1. The summed E-state index contributed by atoms with van der Waals surface area (Å²) >= 11 is 3.34. The third kappa shape index (κ3) is 6.51. The zero-order valence-corrected chi connectivity index (χ0v) is 16.9. The van der Waals surface area contributed by atoms with E-state index in [1.165, 1.54) is 7.11 Å². The summed E-state index contributed by atoms with van der Waals surface area (Å²) < 4.78 is 5.80. The highest BCUT2D eigenvalue weighted by Crippen LogP contribution is 2.21. The second-order valence-corrected chi connectivity index (χ2v) is 6.53. The number of nitrogens with zero attached hydrogens (tertiary/aromatic N) is 1. The van der Waals surface area contributed by atoms with Gasteiger partial charge in [0.25, 0.3) is 0 Å². The molecule has 3 amide bonds. The maximum absolute atomic E-state index is 12.0. The third-order valence-corrected chi connectivity index (χ3v) is 4.14. The molecule has 2 rings (SSSR count). The van der Waals surface area contributed by atoms with Gasteiger partial charge in [0.15, 0.2) is 0 Å². The van der Waals surface area contributed by atoms with Crippen LogP contribution in [-0.4, -0.2) is 30.5 Å². The number of rotatable bonds is 6. The average molecular weight is 447 g/mol. The van der Waals surface area contributed by atoms with E-state index in [2.05, 4.69) is 37.1 Å². The lowest BCUT2D eigenvalue weighted by Gasteiger charge is -2.08. The van der Waals surface area contributed by atoms with Crippen LogP contribution in [0, 0.1) is 0 Å². The number of halogens is 1. The van der Waals surface area contributed by atoms with Gasteiger partial charge in [0.2, 0.25) is 5.91 Å². The summed E-state index contributed by atoms with van der Waals surface area (Å²) in [5.74, 6) is -1.60. The quantitative estimate of drug-likeness (QED) is 0.360. The molecule has 0 aliphatic rings. The van der Waals surface area contributed by atoms with E-state index in [1.807, 2.05) is 6.07 Å². The molecule has 0 unspecified atom stereocenters. The molecule has 0 aliphatic heterocycles. The Labute approximate surface area is 170 Å². The van der Waals surface area contributed by atoms with E-state index >= 15 is 0 Å². The zero-order chi connectivity index (χ0) is 20.5. The fourth-order valence-electron chi connectivity index (χ4n) is 2.11. The van der Waals surface area contributed by atoms with Gasteiger partial charge < -0.3 is 15.4 Å². The molecule has 146 valence electrons. The first-order valence-corrected chi connectivity index (χ1v) is 9.01. The molecule has 2 aromatic carbocycles. The van der Waals surface area contributed by atoms with Crippen LogP contribution in [-0.2, 0) is 14.4 Å². The van der Waals surface area contributed by atoms with Gasteiger partial charge >= 0.3 is 11.8 Å². The minimum atomic E-state index is -0.951. The van der Waals surface area contributed by atoms with Crippen molar-refractivity contribution < 1.29 is 19.1 Å². The number of hydrazone groups is 1. The van der Waals surface area contributed by atoms with Crippen molar-refractivity contribution in [3.05, 3.63) is 53.0 Å². The normalized spacial score (nSPS) is 10.8. The Morgan fingerprint density at radius 2 is 1.79 bits per heavy atom. The van der Waals surface area contributed by atoms with Crippen molar-refractivity contribution in [2.24, 2.45) is 5.10 Å². The number of benzene rings is 2. The number of methoxy groups -OCH3 is 1. The van der Waals surface area contributed by atoms with Crippen molar-refractivity contribution in [2.45, 2.75) is 13.3 Å². The van der Waals surface area contributed by atoms with Gasteiger partial charge in [0, 0.05) is 21.9 Å². The van der Waals surface area contributed by atoms with Crippen LogP contribution in [0.1, 0.15) is 13.3 Å². The molecule has 28 heavy (non-hydrogen) atoms. The van der Waals surface area contributed by atoms with Crippen LogP contribution in [0.5, 0.6) is 5.75 Å². The van der Waals surface area contributed by atoms with Gasteiger partial charge in [-0.05, 0) is 47.1 Å². The Morgan fingerprint density at radius 1 is 1.04 bits per heavy atom. The minimum Gasteiger partial charge on any atom is -0.497 e. The van der Waals surface area contributed by atoms with E-state index in [9.17, 15) is 14.4 Å². The van der Waals surface area contributed by atoms with Crippen molar-refractivity contribution >= 4 is 50.7 Å². The first kappa shape index (κ1) is 21.1. The molecular formula is C19H19BrN4O4. The number of nitrogens with one attached hydrogen (secondary N) is 3. The van der Waals surface area contributed by atoms with E-state index in [0.717, 1.165) is 4.47 Å². The maximum Gasteiger partial charge on any atom is 0.329 e. The van der Waals surface area contributed by atoms with Crippen LogP contribution in [0.2, 0.25) is 0 Å². The minimum absolute atomic E-state index is 0.0425. The highest BCUT2D eigenvalue weighted by atomic mass is 79.9. The van der Waals surface area contributed by atoms with E-state index < -0.39 is 11.8 Å². The molecule has 0 spiro atoms. The molecule has 0 radical (unpaired) electrons. The predicted octanol–water partition coefficient (Wildman–Crippen LogP) is 2.92. The van der Waals surface area contributed by atoms with Crippen LogP contribution < -0.4 is 20.8 Å². The van der Waals surface area contributed by atoms with Crippen molar-refractivity contribution in [2.75, 3.05) is 17.7 Å². The van der Waals surface area contributed by atoms with E-state index in [1.54, 1.807) is 49.4 Å². The molecular weight excluding hydrogens is 428 g/mol. The lowest BCUT2D eigenvalue weighted by Crippen LogP contribution is -2.33. The molecule has 0 atom stereocenters. The molecule has 3 N–H and O–H groups in total. The monoisotopic (exact) mass is 446 g/mol. The van der Waals surface area contributed by atoms with E-state index in [4.69, 9.17) is 4.74 Å². The number of anilines is 2. The summed E-state index contributed by atoms with van der Waals surface area (Å²) in [6.07, 6.45) is -0.0425. The summed E-state index contributed by atoms with van der Waals surface area (Å²) in [6.45, 7) is 1.57. The number of carbonyl (C=O) groups excluding carboxylic acids is 3. The van der Waals surface area contributed by atoms with Gasteiger partial charge in [0.1, 0.15) is 5.75 Å². The number of hydrogen-bond acceptors (Lipinski definition) is 5. The Bertz CT molecular complexity index is 914. The molecule has 0 aliphatic carbocycles. The van der Waals surface area contributed by atoms with E-state index in [0.29, 0.717) is 22.8 Å².